The molecule has 0 saturated heterocycles. The van der Waals surface area contributed by atoms with Crippen LogP contribution in [0.4, 0.5) is 0 Å². The van der Waals surface area contributed by atoms with Gasteiger partial charge < -0.3 is 20.8 Å². The second kappa shape index (κ2) is 9.13. The minimum atomic E-state index is -1.17. The van der Waals surface area contributed by atoms with Crippen molar-refractivity contribution < 1.29 is 19.8 Å². The Kier molecular flexibility index (Phi) is 6.80. The summed E-state index contributed by atoms with van der Waals surface area (Å²) in [5, 5.41) is 25.5. The zero-order valence-electron chi connectivity index (χ0n) is 15.8. The molecule has 29 heavy (non-hydrogen) atoms. The first-order valence-electron chi connectivity index (χ1n) is 9.29. The number of carboxylic acid groups (broad SMARTS) is 1. The second-order valence-electron chi connectivity index (χ2n) is 7.10. The lowest BCUT2D eigenvalue weighted by Gasteiger charge is -2.22. The molecule has 4 N–H and O–H groups in total. The van der Waals surface area contributed by atoms with E-state index in [0.717, 1.165) is 17.7 Å². The maximum Gasteiger partial charge on any atom is 0.326 e. The summed E-state index contributed by atoms with van der Waals surface area (Å²) in [7, 11) is 0. The molecule has 2 aromatic carbocycles. The molecule has 8 heteroatoms. The Hall–Kier alpha value is -2.12. The number of carbonyl (C=O) groups is 2. The quantitative estimate of drug-likeness (QED) is 0.557. The van der Waals surface area contributed by atoms with Crippen LogP contribution in [0.2, 0.25) is 10.0 Å². The Morgan fingerprint density at radius 1 is 1.28 bits per heavy atom. The molecule has 0 unspecified atom stereocenters. The summed E-state index contributed by atoms with van der Waals surface area (Å²) < 4.78 is 0. The van der Waals surface area contributed by atoms with Gasteiger partial charge in [0.05, 0.1) is 21.7 Å². The smallest absolute Gasteiger partial charge is 0.326 e. The van der Waals surface area contributed by atoms with Crippen LogP contribution in [0.5, 0.6) is 0 Å². The topological polar surface area (TPSA) is 98.7 Å². The number of hydrogen-bond acceptors (Lipinski definition) is 4. The molecule has 3 rings (SSSR count). The van der Waals surface area contributed by atoms with Crippen LogP contribution >= 0.6 is 23.2 Å². The van der Waals surface area contributed by atoms with E-state index in [4.69, 9.17) is 23.2 Å². The fourth-order valence-electron chi connectivity index (χ4n) is 3.43. The van der Waals surface area contributed by atoms with Crippen LogP contribution in [-0.4, -0.2) is 34.7 Å². The van der Waals surface area contributed by atoms with Gasteiger partial charge >= 0.3 is 5.97 Å². The van der Waals surface area contributed by atoms with Crippen molar-refractivity contribution in [1.82, 2.24) is 10.6 Å². The Morgan fingerprint density at radius 2 is 2.03 bits per heavy atom. The lowest BCUT2D eigenvalue weighted by Crippen LogP contribution is -2.42. The maximum absolute atomic E-state index is 12.9. The van der Waals surface area contributed by atoms with E-state index in [1.54, 1.807) is 37.3 Å². The van der Waals surface area contributed by atoms with E-state index in [-0.39, 0.29) is 22.0 Å². The molecule has 6 nitrogen and oxygen atoms in total. The maximum atomic E-state index is 12.9. The number of aliphatic hydroxyl groups excluding tert-OH is 1. The van der Waals surface area contributed by atoms with Crippen LogP contribution in [0.15, 0.2) is 30.3 Å². The third kappa shape index (κ3) is 4.90. The number of carboxylic acids is 1. The van der Waals surface area contributed by atoms with Crippen molar-refractivity contribution in [2.24, 2.45) is 0 Å². The summed E-state index contributed by atoms with van der Waals surface area (Å²) in [6.45, 7) is 2.99. The monoisotopic (exact) mass is 436 g/mol. The molecule has 0 fully saturated rings. The van der Waals surface area contributed by atoms with E-state index in [1.807, 2.05) is 0 Å². The fraction of sp³-hybridized carbons (Fsp3) is 0.333. The van der Waals surface area contributed by atoms with Gasteiger partial charge in [-0.3, -0.25) is 4.79 Å². The van der Waals surface area contributed by atoms with Gasteiger partial charge in [0.15, 0.2) is 0 Å². The first kappa shape index (κ1) is 21.6. The number of fused-ring (bicyclic) bond motifs is 1. The lowest BCUT2D eigenvalue weighted by atomic mass is 9.97. The number of carbonyl (C=O) groups excluding carboxylic acids is 1. The van der Waals surface area contributed by atoms with Crippen molar-refractivity contribution in [1.29, 1.82) is 0 Å². The molecule has 2 aromatic rings. The number of amides is 1. The van der Waals surface area contributed by atoms with Crippen LogP contribution in [0.1, 0.15) is 45.6 Å². The Morgan fingerprint density at radius 3 is 2.72 bits per heavy atom. The minimum absolute atomic E-state index is 0.0612. The Labute approximate surface area is 178 Å². The first-order valence-corrected chi connectivity index (χ1v) is 10.0. The molecule has 0 aliphatic carbocycles. The predicted octanol–water partition coefficient (Wildman–Crippen LogP) is 3.12. The number of rotatable bonds is 6. The number of halogens is 2. The summed E-state index contributed by atoms with van der Waals surface area (Å²) in [4.78, 5) is 24.6. The van der Waals surface area contributed by atoms with Crippen molar-refractivity contribution in [3.8, 4) is 0 Å². The highest BCUT2D eigenvalue weighted by Crippen LogP contribution is 2.33. The summed E-state index contributed by atoms with van der Waals surface area (Å²) in [6.07, 6.45) is 0.0571. The summed E-state index contributed by atoms with van der Waals surface area (Å²) in [5.41, 5.74) is 3.25. The van der Waals surface area contributed by atoms with Crippen LogP contribution in [0.25, 0.3) is 0 Å². The van der Waals surface area contributed by atoms with E-state index >= 15 is 0 Å². The molecule has 1 aliphatic heterocycles. The molecular weight excluding hydrogens is 415 g/mol. The third-order valence-corrected chi connectivity index (χ3v) is 5.70. The molecule has 0 aromatic heterocycles. The molecule has 1 aliphatic rings. The molecule has 154 valence electrons. The van der Waals surface area contributed by atoms with Gasteiger partial charge in [-0.15, -0.1) is 0 Å². The molecule has 1 heterocycles. The molecule has 0 saturated carbocycles. The number of benzene rings is 2. The summed E-state index contributed by atoms with van der Waals surface area (Å²) in [6, 6.07) is 7.49. The second-order valence-corrected chi connectivity index (χ2v) is 7.89. The predicted molar refractivity (Wildman–Crippen MR) is 112 cm³/mol. The summed E-state index contributed by atoms with van der Waals surface area (Å²) in [5.74, 6) is -1.80. The van der Waals surface area contributed by atoms with Crippen molar-refractivity contribution in [3.63, 3.8) is 0 Å². The van der Waals surface area contributed by atoms with Gasteiger partial charge in [-0.05, 0) is 48.2 Å². The molecule has 0 bridgehead atoms. The third-order valence-electron chi connectivity index (χ3n) is 4.98. The first-order chi connectivity index (χ1) is 13.8. The summed E-state index contributed by atoms with van der Waals surface area (Å²) >= 11 is 12.7. The van der Waals surface area contributed by atoms with E-state index in [0.29, 0.717) is 24.1 Å². The van der Waals surface area contributed by atoms with Crippen molar-refractivity contribution >= 4 is 35.1 Å². The fourth-order valence-corrected chi connectivity index (χ4v) is 4.19. The van der Waals surface area contributed by atoms with Crippen LogP contribution in [0, 0.1) is 0 Å². The highest BCUT2D eigenvalue weighted by atomic mass is 35.5. The number of nitrogens with one attached hydrogen (secondary N) is 2. The average molecular weight is 437 g/mol. The van der Waals surface area contributed by atoms with Crippen LogP contribution < -0.4 is 10.6 Å². The van der Waals surface area contributed by atoms with Crippen molar-refractivity contribution in [2.45, 2.75) is 38.5 Å². The van der Waals surface area contributed by atoms with Gasteiger partial charge in [-0.2, -0.15) is 0 Å². The Bertz CT molecular complexity index is 947. The van der Waals surface area contributed by atoms with Crippen LogP contribution in [-0.2, 0) is 24.2 Å². The van der Waals surface area contributed by atoms with Crippen molar-refractivity contribution in [3.05, 3.63) is 68.2 Å². The van der Waals surface area contributed by atoms with Gasteiger partial charge in [0, 0.05) is 13.0 Å². The van der Waals surface area contributed by atoms with E-state index in [1.165, 1.54) is 0 Å². The van der Waals surface area contributed by atoms with Gasteiger partial charge in [0.2, 0.25) is 0 Å². The number of aliphatic hydroxyl groups is 1. The number of aliphatic carboxylic acids is 1. The largest absolute Gasteiger partial charge is 0.480 e. The van der Waals surface area contributed by atoms with Gasteiger partial charge in [0.1, 0.15) is 6.04 Å². The highest BCUT2D eigenvalue weighted by Gasteiger charge is 2.27. The highest BCUT2D eigenvalue weighted by molar-refractivity contribution is 6.40. The lowest BCUT2D eigenvalue weighted by molar-refractivity contribution is -0.139. The molecular formula is C21H22Cl2N2O4. The standard InChI is InChI=1S/C21H22Cl2N2O4/c1-11(26)13-4-2-3-12(7-13)8-17(21(28)29)25-20(27)18-16(22)9-14-10-24-6-5-15(14)19(18)23/h2-4,7,9,11,17,24,26H,5-6,8,10H2,1H3,(H,25,27)(H,28,29)/t11-,17-/m0/s1. The van der Waals surface area contributed by atoms with Crippen LogP contribution in [0.3, 0.4) is 0 Å². The zero-order chi connectivity index (χ0) is 21.1. The number of hydrogen-bond donors (Lipinski definition) is 4. The minimum Gasteiger partial charge on any atom is -0.480 e. The van der Waals surface area contributed by atoms with E-state index < -0.39 is 24.0 Å². The Balaban J connectivity index is 1.84. The van der Waals surface area contributed by atoms with E-state index in [2.05, 4.69) is 10.6 Å². The van der Waals surface area contributed by atoms with E-state index in [9.17, 15) is 19.8 Å². The zero-order valence-corrected chi connectivity index (χ0v) is 17.3. The van der Waals surface area contributed by atoms with Crippen molar-refractivity contribution in [2.75, 3.05) is 6.54 Å². The molecule has 2 atom stereocenters. The molecule has 1 amide bonds. The molecule has 0 radical (unpaired) electrons. The van der Waals surface area contributed by atoms with Gasteiger partial charge in [-0.25, -0.2) is 4.79 Å². The van der Waals surface area contributed by atoms with Gasteiger partial charge in [0.25, 0.3) is 5.91 Å². The normalized spacial score (nSPS) is 15.3. The SMILES string of the molecule is C[C@H](O)c1cccc(C[C@H](NC(=O)c2c(Cl)cc3c(c2Cl)CCNC3)C(=O)O)c1. The average Bonchev–Trinajstić information content (AvgIpc) is 2.67. The molecule has 0 spiro atoms. The van der Waals surface area contributed by atoms with Gasteiger partial charge in [-0.1, -0.05) is 47.5 Å².